The maximum absolute atomic E-state index is 9.37. The summed E-state index contributed by atoms with van der Waals surface area (Å²) in [7, 11) is 0. The summed E-state index contributed by atoms with van der Waals surface area (Å²) in [6.07, 6.45) is 2.19. The van der Waals surface area contributed by atoms with Gasteiger partial charge in [-0.3, -0.25) is 0 Å². The second-order valence-corrected chi connectivity index (χ2v) is 6.60. The van der Waals surface area contributed by atoms with E-state index in [2.05, 4.69) is 57.8 Å². The monoisotopic (exact) mass is 352 g/mol. The fraction of sp³-hybridized carbons (Fsp3) is 0.381. The zero-order valence-corrected chi connectivity index (χ0v) is 15.4. The van der Waals surface area contributed by atoms with Crippen molar-refractivity contribution < 1.29 is 5.11 Å². The van der Waals surface area contributed by atoms with Crippen LogP contribution in [0.5, 0.6) is 5.75 Å². The molecule has 3 rings (SSSR count). The molecule has 0 spiro atoms. The Labute approximate surface area is 155 Å². The topological polar surface area (TPSA) is 59.9 Å². The van der Waals surface area contributed by atoms with Crippen LogP contribution in [0.3, 0.4) is 0 Å². The molecule has 26 heavy (non-hydrogen) atoms. The summed E-state index contributed by atoms with van der Waals surface area (Å²) in [4.78, 5) is 7.13. The van der Waals surface area contributed by atoms with E-state index in [4.69, 9.17) is 0 Å². The van der Waals surface area contributed by atoms with E-state index in [1.165, 1.54) is 5.69 Å². The molecule has 1 aliphatic rings. The number of anilines is 1. The van der Waals surface area contributed by atoms with Crippen molar-refractivity contribution in [3.63, 3.8) is 0 Å². The molecule has 1 fully saturated rings. The van der Waals surface area contributed by atoms with Gasteiger partial charge in [0.1, 0.15) is 5.75 Å². The third-order valence-corrected chi connectivity index (χ3v) is 4.66. The maximum Gasteiger partial charge on any atom is 0.191 e. The van der Waals surface area contributed by atoms with Crippen LogP contribution in [0.4, 0.5) is 5.69 Å². The van der Waals surface area contributed by atoms with Gasteiger partial charge in [-0.2, -0.15) is 0 Å². The molecule has 0 amide bonds. The Morgan fingerprint density at radius 2 is 1.77 bits per heavy atom. The van der Waals surface area contributed by atoms with Gasteiger partial charge in [-0.15, -0.1) is 0 Å². The Kier molecular flexibility index (Phi) is 6.36. The van der Waals surface area contributed by atoms with Crippen LogP contribution in [0, 0.1) is 0 Å². The molecule has 3 N–H and O–H groups in total. The first-order chi connectivity index (χ1) is 12.7. The van der Waals surface area contributed by atoms with Gasteiger partial charge in [0.15, 0.2) is 5.96 Å². The van der Waals surface area contributed by atoms with E-state index in [1.807, 2.05) is 12.1 Å². The van der Waals surface area contributed by atoms with Crippen LogP contribution in [0.25, 0.3) is 0 Å². The minimum atomic E-state index is 0.285. The molecule has 5 nitrogen and oxygen atoms in total. The second kappa shape index (κ2) is 9.13. The molecule has 5 heteroatoms. The molecular formula is C21H28N4O. The highest BCUT2D eigenvalue weighted by Gasteiger charge is 2.20. The Balaban J connectivity index is 1.53. The predicted octanol–water partition coefficient (Wildman–Crippen LogP) is 3.12. The largest absolute Gasteiger partial charge is 0.508 e. The molecule has 0 saturated carbocycles. The standard InChI is InChI=1S/C21H28N4O/c1-2-22-21(23-16-17-8-10-20(26)11-9-17)24-18-12-14-25(15-13-18)19-6-4-3-5-7-19/h3-11,18,26H,2,12-16H2,1H3,(H2,22,23,24). The van der Waals surface area contributed by atoms with E-state index < -0.39 is 0 Å². The van der Waals surface area contributed by atoms with E-state index in [0.29, 0.717) is 12.6 Å². The van der Waals surface area contributed by atoms with Gasteiger partial charge in [0, 0.05) is 31.4 Å². The average molecular weight is 352 g/mol. The summed E-state index contributed by atoms with van der Waals surface area (Å²) < 4.78 is 0. The van der Waals surface area contributed by atoms with Crippen molar-refractivity contribution in [3.8, 4) is 5.75 Å². The summed E-state index contributed by atoms with van der Waals surface area (Å²) in [6, 6.07) is 18.3. The molecule has 0 radical (unpaired) electrons. The number of hydrogen-bond donors (Lipinski definition) is 3. The molecule has 1 aliphatic heterocycles. The maximum atomic E-state index is 9.37. The molecule has 2 aromatic carbocycles. The second-order valence-electron chi connectivity index (χ2n) is 6.60. The number of piperidine rings is 1. The lowest BCUT2D eigenvalue weighted by molar-refractivity contribution is 0.461. The number of aliphatic imine (C=N–C) groups is 1. The third kappa shape index (κ3) is 5.15. The number of phenols is 1. The fourth-order valence-electron chi connectivity index (χ4n) is 3.21. The lowest BCUT2D eigenvalue weighted by Crippen LogP contribution is -2.48. The van der Waals surface area contributed by atoms with Crippen molar-refractivity contribution in [1.29, 1.82) is 0 Å². The average Bonchev–Trinajstić information content (AvgIpc) is 2.69. The van der Waals surface area contributed by atoms with Crippen LogP contribution in [-0.2, 0) is 6.54 Å². The SMILES string of the molecule is CCNC(=NCc1ccc(O)cc1)NC1CCN(c2ccccc2)CC1. The van der Waals surface area contributed by atoms with Gasteiger partial charge < -0.3 is 20.6 Å². The number of hydrogen-bond acceptors (Lipinski definition) is 3. The minimum Gasteiger partial charge on any atom is -0.508 e. The molecular weight excluding hydrogens is 324 g/mol. The Hall–Kier alpha value is -2.69. The van der Waals surface area contributed by atoms with Crippen molar-refractivity contribution in [2.75, 3.05) is 24.5 Å². The number of guanidine groups is 1. The molecule has 1 heterocycles. The first-order valence-electron chi connectivity index (χ1n) is 9.37. The highest BCUT2D eigenvalue weighted by atomic mass is 16.3. The summed E-state index contributed by atoms with van der Waals surface area (Å²) >= 11 is 0. The number of nitrogens with zero attached hydrogens (tertiary/aromatic N) is 2. The summed E-state index contributed by atoms with van der Waals surface area (Å²) in [5.74, 6) is 1.15. The van der Waals surface area contributed by atoms with Crippen molar-refractivity contribution >= 4 is 11.6 Å². The predicted molar refractivity (Wildman–Crippen MR) is 108 cm³/mol. The van der Waals surface area contributed by atoms with Crippen LogP contribution in [0.2, 0.25) is 0 Å². The zero-order valence-electron chi connectivity index (χ0n) is 15.4. The minimum absolute atomic E-state index is 0.285. The molecule has 138 valence electrons. The smallest absolute Gasteiger partial charge is 0.191 e. The highest BCUT2D eigenvalue weighted by Crippen LogP contribution is 2.19. The number of nitrogens with one attached hydrogen (secondary N) is 2. The molecule has 0 aliphatic carbocycles. The van der Waals surface area contributed by atoms with Crippen molar-refractivity contribution in [2.45, 2.75) is 32.4 Å². The number of para-hydroxylation sites is 1. The first kappa shape index (κ1) is 18.1. The lowest BCUT2D eigenvalue weighted by atomic mass is 10.0. The van der Waals surface area contributed by atoms with Gasteiger partial charge in [-0.1, -0.05) is 30.3 Å². The quantitative estimate of drug-likeness (QED) is 0.572. The van der Waals surface area contributed by atoms with Gasteiger partial charge in [-0.25, -0.2) is 4.99 Å². The van der Waals surface area contributed by atoms with Crippen LogP contribution in [-0.4, -0.2) is 36.7 Å². The van der Waals surface area contributed by atoms with Gasteiger partial charge >= 0.3 is 0 Å². The van der Waals surface area contributed by atoms with Crippen LogP contribution in [0.1, 0.15) is 25.3 Å². The van der Waals surface area contributed by atoms with Crippen molar-refractivity contribution in [1.82, 2.24) is 10.6 Å². The Morgan fingerprint density at radius 1 is 1.08 bits per heavy atom. The van der Waals surface area contributed by atoms with E-state index in [1.54, 1.807) is 12.1 Å². The molecule has 0 bridgehead atoms. The van der Waals surface area contributed by atoms with Crippen LogP contribution >= 0.6 is 0 Å². The summed E-state index contributed by atoms with van der Waals surface area (Å²) in [6.45, 7) is 5.62. The fourth-order valence-corrected chi connectivity index (χ4v) is 3.21. The molecule has 0 unspecified atom stereocenters. The van der Waals surface area contributed by atoms with E-state index >= 15 is 0 Å². The molecule has 0 atom stereocenters. The van der Waals surface area contributed by atoms with Crippen LogP contribution in [0.15, 0.2) is 59.6 Å². The zero-order chi connectivity index (χ0) is 18.2. The van der Waals surface area contributed by atoms with Gasteiger partial charge in [0.25, 0.3) is 0 Å². The van der Waals surface area contributed by atoms with Gasteiger partial charge in [0.05, 0.1) is 6.54 Å². The number of phenolic OH excluding ortho intramolecular Hbond substituents is 1. The summed E-state index contributed by atoms with van der Waals surface area (Å²) in [5, 5.41) is 16.3. The molecule has 2 aromatic rings. The third-order valence-electron chi connectivity index (χ3n) is 4.66. The van der Waals surface area contributed by atoms with Crippen LogP contribution < -0.4 is 15.5 Å². The Morgan fingerprint density at radius 3 is 2.42 bits per heavy atom. The lowest BCUT2D eigenvalue weighted by Gasteiger charge is -2.34. The van der Waals surface area contributed by atoms with Gasteiger partial charge in [-0.05, 0) is 49.6 Å². The first-order valence-corrected chi connectivity index (χ1v) is 9.37. The van der Waals surface area contributed by atoms with Crippen molar-refractivity contribution in [2.24, 2.45) is 4.99 Å². The number of rotatable bonds is 5. The molecule has 1 saturated heterocycles. The van der Waals surface area contributed by atoms with Crippen molar-refractivity contribution in [3.05, 3.63) is 60.2 Å². The summed E-state index contributed by atoms with van der Waals surface area (Å²) in [5.41, 5.74) is 2.39. The highest BCUT2D eigenvalue weighted by molar-refractivity contribution is 5.80. The Bertz CT molecular complexity index is 692. The molecule has 0 aromatic heterocycles. The number of aromatic hydroxyl groups is 1. The van der Waals surface area contributed by atoms with E-state index in [-0.39, 0.29) is 5.75 Å². The van der Waals surface area contributed by atoms with Gasteiger partial charge in [0.2, 0.25) is 0 Å². The van der Waals surface area contributed by atoms with E-state index in [0.717, 1.165) is 44.0 Å². The van der Waals surface area contributed by atoms with E-state index in [9.17, 15) is 5.11 Å². The number of benzene rings is 2. The normalized spacial score (nSPS) is 15.7.